The lowest BCUT2D eigenvalue weighted by atomic mass is 9.93. The van der Waals surface area contributed by atoms with E-state index >= 15 is 0 Å². The predicted octanol–water partition coefficient (Wildman–Crippen LogP) is 3.30. The molecule has 1 atom stereocenters. The van der Waals surface area contributed by atoms with Crippen molar-refractivity contribution in [2.45, 2.75) is 64.3 Å². The van der Waals surface area contributed by atoms with Crippen LogP contribution in [0.4, 0.5) is 0 Å². The molecule has 4 heteroatoms. The van der Waals surface area contributed by atoms with Gasteiger partial charge in [0.25, 0.3) is 5.97 Å². The summed E-state index contributed by atoms with van der Waals surface area (Å²) < 4.78 is 16.5. The standard InChI is InChI=1S/C15H33NO3/c1-5-6-7-8-9-11-14(12-10-13-16)15(17-2,18-3)19-4/h14H,5-13,16H2,1-4H3. The van der Waals surface area contributed by atoms with Gasteiger partial charge in [-0.05, 0) is 25.8 Å². The minimum absolute atomic E-state index is 0.234. The second-order valence-electron chi connectivity index (χ2n) is 5.05. The highest BCUT2D eigenvalue weighted by Crippen LogP contribution is 2.32. The molecule has 0 aliphatic rings. The van der Waals surface area contributed by atoms with Gasteiger partial charge in [0.2, 0.25) is 0 Å². The predicted molar refractivity (Wildman–Crippen MR) is 78.9 cm³/mol. The molecular formula is C15H33NO3. The highest BCUT2D eigenvalue weighted by atomic mass is 16.9. The number of unbranched alkanes of at least 4 members (excludes halogenated alkanes) is 4. The average Bonchev–Trinajstić information content (AvgIpc) is 2.45. The van der Waals surface area contributed by atoms with Gasteiger partial charge < -0.3 is 19.9 Å². The van der Waals surface area contributed by atoms with Crippen LogP contribution in [0.1, 0.15) is 58.3 Å². The smallest absolute Gasteiger partial charge is 0.285 e. The molecule has 0 aromatic heterocycles. The van der Waals surface area contributed by atoms with Crippen LogP contribution in [0.2, 0.25) is 0 Å². The van der Waals surface area contributed by atoms with E-state index in [0.29, 0.717) is 6.54 Å². The Morgan fingerprint density at radius 2 is 1.37 bits per heavy atom. The molecule has 0 heterocycles. The van der Waals surface area contributed by atoms with Gasteiger partial charge >= 0.3 is 0 Å². The normalized spacial score (nSPS) is 13.7. The van der Waals surface area contributed by atoms with Crippen LogP contribution in [0.15, 0.2) is 0 Å². The molecule has 0 rings (SSSR count). The van der Waals surface area contributed by atoms with Gasteiger partial charge in [0, 0.05) is 27.2 Å². The molecule has 0 spiro atoms. The van der Waals surface area contributed by atoms with E-state index in [0.717, 1.165) is 19.3 Å². The molecule has 4 nitrogen and oxygen atoms in total. The second kappa shape index (κ2) is 11.6. The van der Waals surface area contributed by atoms with Crippen LogP contribution in [0, 0.1) is 5.92 Å². The van der Waals surface area contributed by atoms with Gasteiger partial charge in [-0.25, -0.2) is 0 Å². The van der Waals surface area contributed by atoms with Crippen LogP contribution < -0.4 is 5.73 Å². The molecule has 0 fully saturated rings. The molecule has 0 aromatic rings. The first-order valence-electron chi connectivity index (χ1n) is 7.56. The largest absolute Gasteiger partial charge is 0.331 e. The molecule has 0 aromatic carbocycles. The van der Waals surface area contributed by atoms with Crippen molar-refractivity contribution in [1.82, 2.24) is 0 Å². The number of nitrogens with two attached hydrogens (primary N) is 1. The molecule has 0 radical (unpaired) electrons. The summed E-state index contributed by atoms with van der Waals surface area (Å²) in [7, 11) is 4.92. The van der Waals surface area contributed by atoms with Crippen molar-refractivity contribution in [2.24, 2.45) is 11.7 Å². The minimum atomic E-state index is -0.917. The van der Waals surface area contributed by atoms with E-state index in [-0.39, 0.29) is 5.92 Å². The Kier molecular flexibility index (Phi) is 11.6. The molecular weight excluding hydrogens is 242 g/mol. The van der Waals surface area contributed by atoms with Gasteiger partial charge in [0.05, 0.1) is 0 Å². The lowest BCUT2D eigenvalue weighted by molar-refractivity contribution is -0.380. The summed E-state index contributed by atoms with van der Waals surface area (Å²) in [6.07, 6.45) is 9.34. The van der Waals surface area contributed by atoms with Crippen molar-refractivity contribution in [2.75, 3.05) is 27.9 Å². The van der Waals surface area contributed by atoms with Gasteiger partial charge in [0.15, 0.2) is 0 Å². The van der Waals surface area contributed by atoms with Crippen molar-refractivity contribution in [1.29, 1.82) is 0 Å². The molecule has 0 aliphatic heterocycles. The van der Waals surface area contributed by atoms with Gasteiger partial charge in [-0.1, -0.05) is 39.0 Å². The minimum Gasteiger partial charge on any atom is -0.331 e. The van der Waals surface area contributed by atoms with Gasteiger partial charge in [-0.15, -0.1) is 0 Å². The fraction of sp³-hybridized carbons (Fsp3) is 1.00. The number of methoxy groups -OCH3 is 3. The molecule has 0 aliphatic carbocycles. The average molecular weight is 275 g/mol. The van der Waals surface area contributed by atoms with Gasteiger partial charge in [-0.3, -0.25) is 0 Å². The van der Waals surface area contributed by atoms with Crippen molar-refractivity contribution >= 4 is 0 Å². The summed E-state index contributed by atoms with van der Waals surface area (Å²) in [6, 6.07) is 0. The first-order chi connectivity index (χ1) is 9.20. The van der Waals surface area contributed by atoms with E-state index in [1.807, 2.05) is 0 Å². The van der Waals surface area contributed by atoms with E-state index in [9.17, 15) is 0 Å². The van der Waals surface area contributed by atoms with Gasteiger partial charge in [0.1, 0.15) is 0 Å². The number of rotatable bonds is 13. The zero-order valence-corrected chi connectivity index (χ0v) is 13.2. The summed E-state index contributed by atoms with van der Waals surface area (Å²) in [5.74, 6) is -0.683. The molecule has 0 saturated carbocycles. The first kappa shape index (κ1) is 18.8. The van der Waals surface area contributed by atoms with Crippen LogP contribution in [-0.4, -0.2) is 33.8 Å². The van der Waals surface area contributed by atoms with Crippen LogP contribution in [0.5, 0.6) is 0 Å². The Bertz CT molecular complexity index is 188. The van der Waals surface area contributed by atoms with Crippen LogP contribution in [-0.2, 0) is 14.2 Å². The van der Waals surface area contributed by atoms with E-state index in [1.165, 1.54) is 32.1 Å². The first-order valence-corrected chi connectivity index (χ1v) is 7.56. The van der Waals surface area contributed by atoms with Crippen LogP contribution in [0.3, 0.4) is 0 Å². The summed E-state index contributed by atoms with van der Waals surface area (Å²) in [5, 5.41) is 0. The quantitative estimate of drug-likeness (QED) is 0.414. The summed E-state index contributed by atoms with van der Waals surface area (Å²) in [5.41, 5.74) is 5.62. The lowest BCUT2D eigenvalue weighted by Crippen LogP contribution is -2.44. The summed E-state index contributed by atoms with van der Waals surface area (Å²) >= 11 is 0. The number of ether oxygens (including phenoxy) is 3. The van der Waals surface area contributed by atoms with E-state index in [1.54, 1.807) is 21.3 Å². The fourth-order valence-electron chi connectivity index (χ4n) is 2.61. The van der Waals surface area contributed by atoms with Crippen molar-refractivity contribution in [3.63, 3.8) is 0 Å². The van der Waals surface area contributed by atoms with E-state index < -0.39 is 5.97 Å². The molecule has 0 amide bonds. The highest BCUT2D eigenvalue weighted by molar-refractivity contribution is 4.71. The molecule has 116 valence electrons. The highest BCUT2D eigenvalue weighted by Gasteiger charge is 2.39. The molecule has 19 heavy (non-hydrogen) atoms. The molecule has 2 N–H and O–H groups in total. The summed E-state index contributed by atoms with van der Waals surface area (Å²) in [6.45, 7) is 2.93. The van der Waals surface area contributed by atoms with Crippen molar-refractivity contribution < 1.29 is 14.2 Å². The Morgan fingerprint density at radius 3 is 1.84 bits per heavy atom. The Hall–Kier alpha value is -0.160. The topological polar surface area (TPSA) is 53.7 Å². The third-order valence-corrected chi connectivity index (χ3v) is 3.77. The molecule has 0 bridgehead atoms. The molecule has 1 unspecified atom stereocenters. The number of hydrogen-bond donors (Lipinski definition) is 1. The Morgan fingerprint density at radius 1 is 0.842 bits per heavy atom. The van der Waals surface area contributed by atoms with Crippen LogP contribution in [0.25, 0.3) is 0 Å². The second-order valence-corrected chi connectivity index (χ2v) is 5.05. The van der Waals surface area contributed by atoms with Crippen molar-refractivity contribution in [3.8, 4) is 0 Å². The van der Waals surface area contributed by atoms with Gasteiger partial charge in [-0.2, -0.15) is 0 Å². The van der Waals surface area contributed by atoms with E-state index in [2.05, 4.69) is 6.92 Å². The van der Waals surface area contributed by atoms with E-state index in [4.69, 9.17) is 19.9 Å². The lowest BCUT2D eigenvalue weighted by Gasteiger charge is -2.36. The zero-order chi connectivity index (χ0) is 14.6. The SMILES string of the molecule is CCCCCCCC(CCCN)C(OC)(OC)OC. The maximum Gasteiger partial charge on any atom is 0.285 e. The Labute approximate surface area is 119 Å². The summed E-state index contributed by atoms with van der Waals surface area (Å²) in [4.78, 5) is 0. The third-order valence-electron chi connectivity index (χ3n) is 3.77. The Balaban J connectivity index is 4.34. The zero-order valence-electron chi connectivity index (χ0n) is 13.2. The van der Waals surface area contributed by atoms with Crippen molar-refractivity contribution in [3.05, 3.63) is 0 Å². The fourth-order valence-corrected chi connectivity index (χ4v) is 2.61. The third kappa shape index (κ3) is 6.70. The number of hydrogen-bond acceptors (Lipinski definition) is 4. The monoisotopic (exact) mass is 275 g/mol. The van der Waals surface area contributed by atoms with Crippen LogP contribution >= 0.6 is 0 Å². The molecule has 0 saturated heterocycles. The maximum absolute atomic E-state index is 5.62. The maximum atomic E-state index is 5.62.